The van der Waals surface area contributed by atoms with E-state index in [1.54, 1.807) is 0 Å². The van der Waals surface area contributed by atoms with Crippen molar-refractivity contribution in [2.75, 3.05) is 18.5 Å². The molecule has 2 N–H and O–H groups in total. The van der Waals surface area contributed by atoms with E-state index in [0.29, 0.717) is 5.69 Å². The molecular formula is C20H23N3O4S. The maximum atomic E-state index is 12.1. The normalized spacial score (nSPS) is 10.7. The monoisotopic (exact) mass is 401 g/mol. The van der Waals surface area contributed by atoms with Crippen LogP contribution in [0, 0.1) is 27.7 Å². The number of aromatic nitrogens is 1. The Morgan fingerprint density at radius 3 is 2.39 bits per heavy atom. The fourth-order valence-corrected chi connectivity index (χ4v) is 3.17. The molecule has 0 saturated carbocycles. The molecule has 1 heterocycles. The van der Waals surface area contributed by atoms with Gasteiger partial charge in [0.05, 0.1) is 17.2 Å². The number of amides is 2. The minimum absolute atomic E-state index is 0.211. The number of nitrogens with zero attached hydrogens (tertiary/aromatic N) is 1. The van der Waals surface area contributed by atoms with Gasteiger partial charge in [-0.1, -0.05) is 17.7 Å². The number of hydrogen-bond acceptors (Lipinski definition) is 6. The van der Waals surface area contributed by atoms with E-state index in [1.807, 2.05) is 45.2 Å². The van der Waals surface area contributed by atoms with Gasteiger partial charge in [-0.25, -0.2) is 9.78 Å². The molecule has 0 aliphatic carbocycles. The molecule has 1 aromatic heterocycles. The first-order chi connectivity index (χ1) is 13.2. The zero-order valence-corrected chi connectivity index (χ0v) is 17.1. The molecule has 7 nitrogen and oxygen atoms in total. The average molecular weight is 401 g/mol. The van der Waals surface area contributed by atoms with Crippen LogP contribution in [0.3, 0.4) is 0 Å². The molecule has 0 atom stereocenters. The molecule has 0 aliphatic rings. The Hall–Kier alpha value is -3.00. The molecule has 28 heavy (non-hydrogen) atoms. The van der Waals surface area contributed by atoms with Gasteiger partial charge >= 0.3 is 5.97 Å². The topological polar surface area (TPSA) is 97.4 Å². The summed E-state index contributed by atoms with van der Waals surface area (Å²) in [5.41, 5.74) is 4.41. The number of esters is 1. The summed E-state index contributed by atoms with van der Waals surface area (Å²) in [7, 11) is 0. The number of benzene rings is 1. The third-order valence-corrected chi connectivity index (χ3v) is 4.55. The van der Waals surface area contributed by atoms with E-state index in [9.17, 15) is 14.4 Å². The van der Waals surface area contributed by atoms with Crippen LogP contribution in [0.2, 0.25) is 0 Å². The van der Waals surface area contributed by atoms with Crippen molar-refractivity contribution in [1.82, 2.24) is 10.3 Å². The lowest BCUT2D eigenvalue weighted by Crippen LogP contribution is -2.35. The molecule has 2 aromatic rings. The van der Waals surface area contributed by atoms with Gasteiger partial charge < -0.3 is 15.4 Å². The second-order valence-electron chi connectivity index (χ2n) is 6.33. The SMILES string of the molecule is Cc1cc(C)c(NC(=O)CNC(=O)COC(=O)/C=C/c2csc(C)n2)c(C)c1. The molecule has 0 unspecified atom stereocenters. The lowest BCUT2D eigenvalue weighted by atomic mass is 10.1. The van der Waals surface area contributed by atoms with Crippen LogP contribution in [0.5, 0.6) is 0 Å². The first kappa shape index (κ1) is 21.3. The van der Waals surface area contributed by atoms with Crippen molar-refractivity contribution in [1.29, 1.82) is 0 Å². The van der Waals surface area contributed by atoms with Crippen LogP contribution < -0.4 is 10.6 Å². The fraction of sp³-hybridized carbons (Fsp3) is 0.300. The Morgan fingerprint density at radius 2 is 1.79 bits per heavy atom. The minimum Gasteiger partial charge on any atom is -0.452 e. The quantitative estimate of drug-likeness (QED) is 0.549. The Kier molecular flexibility index (Phi) is 7.45. The van der Waals surface area contributed by atoms with E-state index in [-0.39, 0.29) is 12.5 Å². The van der Waals surface area contributed by atoms with Gasteiger partial charge in [-0.15, -0.1) is 11.3 Å². The van der Waals surface area contributed by atoms with Gasteiger partial charge in [-0.05, 0) is 44.9 Å². The average Bonchev–Trinajstić information content (AvgIpc) is 3.04. The van der Waals surface area contributed by atoms with Crippen molar-refractivity contribution in [2.45, 2.75) is 27.7 Å². The molecule has 0 fully saturated rings. The summed E-state index contributed by atoms with van der Waals surface area (Å²) in [6.45, 7) is 7.00. The maximum Gasteiger partial charge on any atom is 0.331 e. The number of carbonyl (C=O) groups is 3. The van der Waals surface area contributed by atoms with Crippen LogP contribution in [0.4, 0.5) is 5.69 Å². The lowest BCUT2D eigenvalue weighted by molar-refractivity contribution is -0.143. The highest BCUT2D eigenvalue weighted by Gasteiger charge is 2.11. The van der Waals surface area contributed by atoms with Crippen molar-refractivity contribution in [2.24, 2.45) is 0 Å². The van der Waals surface area contributed by atoms with Crippen molar-refractivity contribution < 1.29 is 19.1 Å². The summed E-state index contributed by atoms with van der Waals surface area (Å²) >= 11 is 1.47. The van der Waals surface area contributed by atoms with Crippen LogP contribution in [-0.2, 0) is 19.1 Å². The van der Waals surface area contributed by atoms with Gasteiger partial charge in [0.1, 0.15) is 0 Å². The number of anilines is 1. The third kappa shape index (κ3) is 6.62. The third-order valence-electron chi connectivity index (χ3n) is 3.76. The standard InChI is InChI=1S/C20H23N3O4S/c1-12-7-13(2)20(14(3)8-12)23-17(24)9-21-18(25)10-27-19(26)6-5-16-11-28-15(4)22-16/h5-8,11H,9-10H2,1-4H3,(H,21,25)(H,23,24)/b6-5+. The van der Waals surface area contributed by atoms with E-state index in [0.717, 1.165) is 27.4 Å². The number of aryl methyl sites for hydroxylation is 4. The smallest absolute Gasteiger partial charge is 0.331 e. The highest BCUT2D eigenvalue weighted by Crippen LogP contribution is 2.21. The first-order valence-electron chi connectivity index (χ1n) is 8.66. The molecular weight excluding hydrogens is 378 g/mol. The second-order valence-corrected chi connectivity index (χ2v) is 7.39. The van der Waals surface area contributed by atoms with Crippen molar-refractivity contribution in [3.05, 3.63) is 51.0 Å². The van der Waals surface area contributed by atoms with E-state index in [2.05, 4.69) is 15.6 Å². The van der Waals surface area contributed by atoms with Gasteiger partial charge in [0.2, 0.25) is 5.91 Å². The number of nitrogens with one attached hydrogen (secondary N) is 2. The maximum absolute atomic E-state index is 12.1. The molecule has 0 spiro atoms. The molecule has 148 valence electrons. The number of carbonyl (C=O) groups excluding carboxylic acids is 3. The van der Waals surface area contributed by atoms with E-state index >= 15 is 0 Å². The van der Waals surface area contributed by atoms with Crippen molar-refractivity contribution in [3.63, 3.8) is 0 Å². The lowest BCUT2D eigenvalue weighted by Gasteiger charge is -2.13. The van der Waals surface area contributed by atoms with Crippen LogP contribution in [-0.4, -0.2) is 35.9 Å². The molecule has 2 amide bonds. The molecule has 2 rings (SSSR count). The zero-order chi connectivity index (χ0) is 20.7. The molecule has 0 aliphatic heterocycles. The second kappa shape index (κ2) is 9.80. The number of ether oxygens (including phenoxy) is 1. The molecule has 8 heteroatoms. The van der Waals surface area contributed by atoms with E-state index in [4.69, 9.17) is 4.74 Å². The molecule has 0 saturated heterocycles. The predicted molar refractivity (Wildman–Crippen MR) is 109 cm³/mol. The van der Waals surface area contributed by atoms with Gasteiger partial charge in [0.15, 0.2) is 6.61 Å². The zero-order valence-electron chi connectivity index (χ0n) is 16.3. The van der Waals surface area contributed by atoms with Gasteiger partial charge in [-0.2, -0.15) is 0 Å². The summed E-state index contributed by atoms with van der Waals surface area (Å²) in [5.74, 6) is -1.57. The van der Waals surface area contributed by atoms with Crippen LogP contribution in [0.1, 0.15) is 27.4 Å². The fourth-order valence-electron chi connectivity index (χ4n) is 2.59. The van der Waals surface area contributed by atoms with Gasteiger partial charge in [0, 0.05) is 17.1 Å². The van der Waals surface area contributed by atoms with Crippen LogP contribution in [0.15, 0.2) is 23.6 Å². The summed E-state index contributed by atoms with van der Waals surface area (Å²) in [4.78, 5) is 39.6. The molecule has 0 radical (unpaired) electrons. The highest BCUT2D eigenvalue weighted by atomic mass is 32.1. The first-order valence-corrected chi connectivity index (χ1v) is 9.54. The Bertz CT molecular complexity index is 895. The van der Waals surface area contributed by atoms with Crippen LogP contribution >= 0.6 is 11.3 Å². The Balaban J connectivity index is 1.74. The summed E-state index contributed by atoms with van der Waals surface area (Å²) < 4.78 is 4.84. The minimum atomic E-state index is -0.656. The highest BCUT2D eigenvalue weighted by molar-refractivity contribution is 7.09. The van der Waals surface area contributed by atoms with Crippen LogP contribution in [0.25, 0.3) is 6.08 Å². The predicted octanol–water partition coefficient (Wildman–Crippen LogP) is 2.69. The molecule has 0 bridgehead atoms. The Labute approximate surface area is 167 Å². The summed E-state index contributed by atoms with van der Waals surface area (Å²) in [6.07, 6.45) is 2.72. The van der Waals surface area contributed by atoms with Gasteiger partial charge in [-0.3, -0.25) is 9.59 Å². The summed E-state index contributed by atoms with van der Waals surface area (Å²) in [5, 5.41) is 7.91. The number of hydrogen-bond donors (Lipinski definition) is 2. The molecule has 1 aromatic carbocycles. The van der Waals surface area contributed by atoms with E-state index < -0.39 is 18.5 Å². The largest absolute Gasteiger partial charge is 0.452 e. The van der Waals surface area contributed by atoms with Gasteiger partial charge in [0.25, 0.3) is 5.91 Å². The van der Waals surface area contributed by atoms with Crippen molar-refractivity contribution >= 4 is 40.9 Å². The van der Waals surface area contributed by atoms with E-state index in [1.165, 1.54) is 23.5 Å². The van der Waals surface area contributed by atoms with Crippen molar-refractivity contribution in [3.8, 4) is 0 Å². The number of rotatable bonds is 7. The Morgan fingerprint density at radius 1 is 1.11 bits per heavy atom. The number of thiazole rings is 1. The summed E-state index contributed by atoms with van der Waals surface area (Å²) in [6, 6.07) is 3.95.